The zero-order valence-corrected chi connectivity index (χ0v) is 19.2. The van der Waals surface area contributed by atoms with E-state index in [0.717, 1.165) is 11.3 Å². The number of aromatic nitrogens is 1. The Labute approximate surface area is 203 Å². The summed E-state index contributed by atoms with van der Waals surface area (Å²) < 4.78 is 1.65. The van der Waals surface area contributed by atoms with Crippen molar-refractivity contribution in [2.75, 3.05) is 31.1 Å². The average molecular weight is 471 g/mol. The second kappa shape index (κ2) is 10.6. The number of carbonyl (C=O) groups is 3. The zero-order chi connectivity index (χ0) is 24.8. The first-order valence-corrected chi connectivity index (χ1v) is 11.3. The Morgan fingerprint density at radius 2 is 1.57 bits per heavy atom. The normalized spacial score (nSPS) is 13.4. The molecular weight excluding hydrogens is 444 g/mol. The van der Waals surface area contributed by atoms with E-state index in [9.17, 15) is 19.2 Å². The first kappa shape index (κ1) is 23.7. The third kappa shape index (κ3) is 5.38. The van der Waals surface area contributed by atoms with Gasteiger partial charge in [0.2, 0.25) is 11.3 Å². The SMILES string of the molecule is C=CCNC(=O)c1cn(Cc2ccccc2)cc(C(=O)N2CCN(c3ccccc3)C(=O)C2)c1=O. The van der Waals surface area contributed by atoms with E-state index in [1.165, 1.54) is 23.4 Å². The predicted octanol–water partition coefficient (Wildman–Crippen LogP) is 2.30. The third-order valence-corrected chi connectivity index (χ3v) is 5.74. The highest BCUT2D eigenvalue weighted by Gasteiger charge is 2.30. The van der Waals surface area contributed by atoms with Gasteiger partial charge in [0.05, 0.1) is 0 Å². The molecule has 1 aliphatic heterocycles. The molecule has 0 saturated carbocycles. The van der Waals surface area contributed by atoms with Gasteiger partial charge >= 0.3 is 0 Å². The molecule has 3 amide bonds. The Morgan fingerprint density at radius 1 is 0.914 bits per heavy atom. The second-order valence-corrected chi connectivity index (χ2v) is 8.18. The smallest absolute Gasteiger partial charge is 0.259 e. The van der Waals surface area contributed by atoms with Crippen LogP contribution >= 0.6 is 0 Å². The van der Waals surface area contributed by atoms with E-state index in [4.69, 9.17) is 0 Å². The number of carbonyl (C=O) groups excluding carboxylic acids is 3. The van der Waals surface area contributed by atoms with E-state index in [-0.39, 0.29) is 36.7 Å². The number of nitrogens with one attached hydrogen (secondary N) is 1. The van der Waals surface area contributed by atoms with Crippen molar-refractivity contribution in [3.05, 3.63) is 113 Å². The lowest BCUT2D eigenvalue weighted by Crippen LogP contribution is -2.53. The lowest BCUT2D eigenvalue weighted by molar-refractivity contribution is -0.120. The summed E-state index contributed by atoms with van der Waals surface area (Å²) in [7, 11) is 0. The van der Waals surface area contributed by atoms with E-state index >= 15 is 0 Å². The number of hydrogen-bond acceptors (Lipinski definition) is 4. The van der Waals surface area contributed by atoms with Crippen LogP contribution in [-0.2, 0) is 11.3 Å². The van der Waals surface area contributed by atoms with Crippen molar-refractivity contribution in [2.45, 2.75) is 6.54 Å². The van der Waals surface area contributed by atoms with Crippen molar-refractivity contribution in [1.29, 1.82) is 0 Å². The van der Waals surface area contributed by atoms with E-state index < -0.39 is 17.2 Å². The molecule has 0 unspecified atom stereocenters. The van der Waals surface area contributed by atoms with Gasteiger partial charge in [-0.25, -0.2) is 0 Å². The van der Waals surface area contributed by atoms with Gasteiger partial charge in [-0.3, -0.25) is 19.2 Å². The van der Waals surface area contributed by atoms with Crippen LogP contribution in [-0.4, -0.2) is 53.4 Å². The van der Waals surface area contributed by atoms with Crippen LogP contribution in [0.1, 0.15) is 26.3 Å². The Kier molecular flexibility index (Phi) is 7.21. The summed E-state index contributed by atoms with van der Waals surface area (Å²) in [5.41, 5.74) is 0.754. The lowest BCUT2D eigenvalue weighted by atomic mass is 10.1. The summed E-state index contributed by atoms with van der Waals surface area (Å²) in [5, 5.41) is 2.60. The van der Waals surface area contributed by atoms with Crippen molar-refractivity contribution in [3.63, 3.8) is 0 Å². The van der Waals surface area contributed by atoms with Crippen LogP contribution in [0.5, 0.6) is 0 Å². The molecule has 0 radical (unpaired) electrons. The highest BCUT2D eigenvalue weighted by atomic mass is 16.2. The number of para-hydroxylation sites is 1. The quantitative estimate of drug-likeness (QED) is 0.537. The molecular formula is C27H26N4O4. The molecule has 2 heterocycles. The average Bonchev–Trinajstić information content (AvgIpc) is 2.88. The lowest BCUT2D eigenvalue weighted by Gasteiger charge is -2.34. The summed E-state index contributed by atoms with van der Waals surface area (Å²) >= 11 is 0. The van der Waals surface area contributed by atoms with Crippen LogP contribution in [0.4, 0.5) is 5.69 Å². The van der Waals surface area contributed by atoms with Gasteiger partial charge in [-0.15, -0.1) is 6.58 Å². The number of nitrogens with zero attached hydrogens (tertiary/aromatic N) is 3. The molecule has 8 heteroatoms. The molecule has 1 fully saturated rings. The number of piperazine rings is 1. The summed E-state index contributed by atoms with van der Waals surface area (Å²) in [6.45, 7) is 4.55. The summed E-state index contributed by atoms with van der Waals surface area (Å²) in [6.07, 6.45) is 4.41. The molecule has 1 aliphatic rings. The molecule has 8 nitrogen and oxygen atoms in total. The van der Waals surface area contributed by atoms with Crippen LogP contribution in [0.25, 0.3) is 0 Å². The van der Waals surface area contributed by atoms with Crippen LogP contribution in [0.3, 0.4) is 0 Å². The summed E-state index contributed by atoms with van der Waals surface area (Å²) in [6, 6.07) is 18.7. The number of benzene rings is 2. The third-order valence-electron chi connectivity index (χ3n) is 5.74. The molecule has 0 aliphatic carbocycles. The molecule has 1 aromatic heterocycles. The number of rotatable bonds is 7. The van der Waals surface area contributed by atoms with E-state index in [1.807, 2.05) is 60.7 Å². The first-order chi connectivity index (χ1) is 17.0. The molecule has 1 N–H and O–H groups in total. The number of amides is 3. The van der Waals surface area contributed by atoms with Crippen LogP contribution in [0, 0.1) is 0 Å². The van der Waals surface area contributed by atoms with E-state index in [0.29, 0.717) is 13.1 Å². The molecule has 178 valence electrons. The maximum absolute atomic E-state index is 13.4. The minimum Gasteiger partial charge on any atom is -0.348 e. The Hall–Kier alpha value is -4.46. The Bertz CT molecular complexity index is 1300. The molecule has 0 bridgehead atoms. The molecule has 3 aromatic rings. The highest BCUT2D eigenvalue weighted by Crippen LogP contribution is 2.17. The largest absolute Gasteiger partial charge is 0.348 e. The van der Waals surface area contributed by atoms with Crippen molar-refractivity contribution in [3.8, 4) is 0 Å². The van der Waals surface area contributed by atoms with E-state index in [1.54, 1.807) is 9.47 Å². The van der Waals surface area contributed by atoms with Crippen LogP contribution < -0.4 is 15.6 Å². The maximum Gasteiger partial charge on any atom is 0.259 e. The number of hydrogen-bond donors (Lipinski definition) is 1. The maximum atomic E-state index is 13.4. The van der Waals surface area contributed by atoms with Gasteiger partial charge in [0, 0.05) is 44.3 Å². The van der Waals surface area contributed by atoms with Crippen LogP contribution in [0.15, 0.2) is 90.5 Å². The zero-order valence-electron chi connectivity index (χ0n) is 19.2. The first-order valence-electron chi connectivity index (χ1n) is 11.3. The van der Waals surface area contributed by atoms with Gasteiger partial charge in [-0.05, 0) is 17.7 Å². The van der Waals surface area contributed by atoms with Gasteiger partial charge in [0.15, 0.2) is 0 Å². The van der Waals surface area contributed by atoms with Crippen molar-refractivity contribution in [1.82, 2.24) is 14.8 Å². The Morgan fingerprint density at radius 3 is 2.23 bits per heavy atom. The molecule has 2 aromatic carbocycles. The van der Waals surface area contributed by atoms with Gasteiger partial charge in [-0.1, -0.05) is 54.6 Å². The van der Waals surface area contributed by atoms with Crippen LogP contribution in [0.2, 0.25) is 0 Å². The fraction of sp³-hybridized carbons (Fsp3) is 0.185. The van der Waals surface area contributed by atoms with Gasteiger partial charge in [-0.2, -0.15) is 0 Å². The van der Waals surface area contributed by atoms with Gasteiger partial charge in [0.25, 0.3) is 11.8 Å². The topological polar surface area (TPSA) is 91.7 Å². The standard InChI is InChI=1S/C27H26N4O4/c1-2-13-28-26(34)22-17-29(16-20-9-5-3-6-10-20)18-23(25(22)33)27(35)30-14-15-31(24(32)19-30)21-11-7-4-8-12-21/h2-12,17-18H,1,13-16,19H2,(H,28,34). The number of pyridine rings is 1. The van der Waals surface area contributed by atoms with Gasteiger partial charge < -0.3 is 19.7 Å². The molecule has 4 rings (SSSR count). The van der Waals surface area contributed by atoms with Crippen molar-refractivity contribution in [2.24, 2.45) is 0 Å². The molecule has 1 saturated heterocycles. The highest BCUT2D eigenvalue weighted by molar-refractivity contribution is 6.03. The second-order valence-electron chi connectivity index (χ2n) is 8.18. The van der Waals surface area contributed by atoms with Crippen molar-refractivity contribution >= 4 is 23.4 Å². The summed E-state index contributed by atoms with van der Waals surface area (Å²) in [4.78, 5) is 55.0. The monoisotopic (exact) mass is 470 g/mol. The van der Waals surface area contributed by atoms with Gasteiger partial charge in [0.1, 0.15) is 17.7 Å². The molecule has 35 heavy (non-hydrogen) atoms. The predicted molar refractivity (Wildman–Crippen MR) is 133 cm³/mol. The fourth-order valence-electron chi connectivity index (χ4n) is 3.99. The Balaban J connectivity index is 1.63. The minimum atomic E-state index is -0.668. The summed E-state index contributed by atoms with van der Waals surface area (Å²) in [5.74, 6) is -1.40. The minimum absolute atomic E-state index is 0.136. The fourth-order valence-corrected chi connectivity index (χ4v) is 3.99. The number of anilines is 1. The molecule has 0 spiro atoms. The van der Waals surface area contributed by atoms with Crippen molar-refractivity contribution < 1.29 is 14.4 Å². The molecule has 0 atom stereocenters. The van der Waals surface area contributed by atoms with E-state index in [2.05, 4.69) is 11.9 Å².